The number of nitrogens with zero attached hydrogens (tertiary/aromatic N) is 4. The van der Waals surface area contributed by atoms with Crippen LogP contribution in [0.3, 0.4) is 0 Å². The van der Waals surface area contributed by atoms with Gasteiger partial charge in [0.05, 0.1) is 0 Å². The second-order valence-corrected chi connectivity index (χ2v) is 9.11. The number of halogens is 1. The maximum Gasteiger partial charge on any atom is 0.271 e. The number of aromatic nitrogens is 3. The first-order valence-electron chi connectivity index (χ1n) is 11.3. The van der Waals surface area contributed by atoms with Crippen LogP contribution in [0.2, 0.25) is 5.02 Å². The van der Waals surface area contributed by atoms with E-state index >= 15 is 0 Å². The van der Waals surface area contributed by atoms with Gasteiger partial charge in [0, 0.05) is 42.0 Å². The zero-order valence-electron chi connectivity index (χ0n) is 18.1. The first-order valence-corrected chi connectivity index (χ1v) is 11.6. The summed E-state index contributed by atoms with van der Waals surface area (Å²) in [4.78, 5) is 36.1. The number of carbonyl (C=O) groups excluding carboxylic acids is 1. The molecule has 2 aliphatic rings. The molecule has 1 amide bonds. The number of rotatable bonds is 4. The van der Waals surface area contributed by atoms with E-state index in [1.165, 1.54) is 0 Å². The summed E-state index contributed by atoms with van der Waals surface area (Å²) in [6.07, 6.45) is 8.43. The number of fused-ring (bicyclic) bond motifs is 1. The van der Waals surface area contributed by atoms with Crippen molar-refractivity contribution < 1.29 is 4.79 Å². The third-order valence-electron chi connectivity index (χ3n) is 6.51. The van der Waals surface area contributed by atoms with Crippen molar-refractivity contribution >= 4 is 45.9 Å². The number of pyridine rings is 1. The molecule has 0 unspecified atom stereocenters. The summed E-state index contributed by atoms with van der Waals surface area (Å²) in [6.45, 7) is 2.76. The number of benzene rings is 1. The van der Waals surface area contributed by atoms with Crippen molar-refractivity contribution in [2.24, 2.45) is 0 Å². The van der Waals surface area contributed by atoms with Gasteiger partial charge in [-0.1, -0.05) is 24.4 Å². The first kappa shape index (κ1) is 20.9. The van der Waals surface area contributed by atoms with Gasteiger partial charge in [0.25, 0.3) is 5.56 Å². The lowest BCUT2D eigenvalue weighted by Crippen LogP contribution is -2.35. The Morgan fingerprint density at radius 2 is 1.91 bits per heavy atom. The smallest absolute Gasteiger partial charge is 0.271 e. The summed E-state index contributed by atoms with van der Waals surface area (Å²) in [7, 11) is 0. The molecule has 1 aliphatic heterocycles. The second kappa shape index (κ2) is 8.54. The molecule has 0 radical (unpaired) electrons. The number of anilines is 3. The summed E-state index contributed by atoms with van der Waals surface area (Å²) in [6, 6.07) is 7.68. The van der Waals surface area contributed by atoms with Crippen LogP contribution in [-0.4, -0.2) is 27.0 Å². The molecule has 1 aromatic carbocycles. The monoisotopic (exact) mass is 451 g/mol. The van der Waals surface area contributed by atoms with Crippen LogP contribution in [0.25, 0.3) is 11.0 Å². The van der Waals surface area contributed by atoms with Crippen molar-refractivity contribution in [1.82, 2.24) is 14.5 Å². The lowest BCUT2D eigenvalue weighted by atomic mass is 10.1. The predicted molar refractivity (Wildman–Crippen MR) is 127 cm³/mol. The van der Waals surface area contributed by atoms with Gasteiger partial charge >= 0.3 is 0 Å². The van der Waals surface area contributed by atoms with E-state index in [1.807, 2.05) is 30.0 Å². The molecule has 7 nitrogen and oxygen atoms in total. The molecule has 8 heteroatoms. The molecule has 0 atom stereocenters. The summed E-state index contributed by atoms with van der Waals surface area (Å²) in [5, 5.41) is 4.24. The van der Waals surface area contributed by atoms with E-state index in [1.54, 1.807) is 16.8 Å². The molecular formula is C24H26ClN5O2. The van der Waals surface area contributed by atoms with Crippen LogP contribution in [-0.2, 0) is 4.79 Å². The van der Waals surface area contributed by atoms with Gasteiger partial charge in [-0.25, -0.2) is 4.98 Å². The topological polar surface area (TPSA) is 80.1 Å². The summed E-state index contributed by atoms with van der Waals surface area (Å²) < 4.78 is 1.75. The highest BCUT2D eigenvalue weighted by Gasteiger charge is 2.23. The normalized spacial score (nSPS) is 17.3. The van der Waals surface area contributed by atoms with E-state index < -0.39 is 0 Å². The molecule has 3 aromatic rings. The maximum absolute atomic E-state index is 12.8. The number of aryl methyl sites for hydroxylation is 1. The third-order valence-corrected chi connectivity index (χ3v) is 6.78. The number of hydrogen-bond acceptors (Lipinski definition) is 5. The zero-order chi connectivity index (χ0) is 22.2. The predicted octanol–water partition coefficient (Wildman–Crippen LogP) is 5.13. The fraction of sp³-hybridized carbons (Fsp3) is 0.417. The molecule has 1 aliphatic carbocycles. The molecule has 166 valence electrons. The summed E-state index contributed by atoms with van der Waals surface area (Å²) in [5.41, 5.74) is 3.19. The fourth-order valence-corrected chi connectivity index (χ4v) is 5.01. The van der Waals surface area contributed by atoms with Crippen LogP contribution in [0.15, 0.2) is 35.3 Å². The van der Waals surface area contributed by atoms with E-state index in [4.69, 9.17) is 16.6 Å². The van der Waals surface area contributed by atoms with Crippen LogP contribution in [0.5, 0.6) is 0 Å². The average molecular weight is 452 g/mol. The zero-order valence-corrected chi connectivity index (χ0v) is 18.9. The Hall–Kier alpha value is -2.93. The van der Waals surface area contributed by atoms with E-state index in [-0.39, 0.29) is 22.5 Å². The molecule has 0 spiro atoms. The highest BCUT2D eigenvalue weighted by molar-refractivity contribution is 6.31. The average Bonchev–Trinajstić information content (AvgIpc) is 3.31. The van der Waals surface area contributed by atoms with Crippen molar-refractivity contribution in [3.63, 3.8) is 0 Å². The van der Waals surface area contributed by atoms with Crippen LogP contribution >= 0.6 is 11.6 Å². The van der Waals surface area contributed by atoms with Crippen LogP contribution in [0, 0.1) is 6.92 Å². The quantitative estimate of drug-likeness (QED) is 0.594. The Morgan fingerprint density at radius 3 is 2.66 bits per heavy atom. The Kier molecular flexibility index (Phi) is 5.59. The molecule has 3 heterocycles. The van der Waals surface area contributed by atoms with Gasteiger partial charge in [0.2, 0.25) is 11.9 Å². The molecular weight excluding hydrogens is 426 g/mol. The van der Waals surface area contributed by atoms with E-state index in [0.717, 1.165) is 67.4 Å². The highest BCUT2D eigenvalue weighted by atomic mass is 35.5. The minimum Gasteiger partial charge on any atom is -0.324 e. The van der Waals surface area contributed by atoms with Gasteiger partial charge < -0.3 is 10.2 Å². The second-order valence-electron chi connectivity index (χ2n) is 8.70. The molecule has 1 N–H and O–H groups in total. The Balaban J connectivity index is 1.48. The largest absolute Gasteiger partial charge is 0.324 e. The van der Waals surface area contributed by atoms with Crippen molar-refractivity contribution in [1.29, 1.82) is 0 Å². The van der Waals surface area contributed by atoms with Crippen molar-refractivity contribution in [3.8, 4) is 0 Å². The minimum atomic E-state index is -0.192. The van der Waals surface area contributed by atoms with Crippen LogP contribution in [0.1, 0.15) is 56.6 Å². The van der Waals surface area contributed by atoms with E-state index in [0.29, 0.717) is 18.0 Å². The summed E-state index contributed by atoms with van der Waals surface area (Å²) in [5.74, 6) is 0.605. The number of piperidine rings is 1. The van der Waals surface area contributed by atoms with Crippen LogP contribution < -0.4 is 15.8 Å². The fourth-order valence-electron chi connectivity index (χ4n) is 4.80. The lowest BCUT2D eigenvalue weighted by Gasteiger charge is -2.27. The van der Waals surface area contributed by atoms with Gasteiger partial charge in [0.1, 0.15) is 10.7 Å². The van der Waals surface area contributed by atoms with Gasteiger partial charge in [-0.05, 0) is 62.4 Å². The summed E-state index contributed by atoms with van der Waals surface area (Å²) >= 11 is 6.22. The lowest BCUT2D eigenvalue weighted by molar-refractivity contribution is -0.119. The number of amides is 1. The molecule has 5 rings (SSSR count). The minimum absolute atomic E-state index is 0.120. The van der Waals surface area contributed by atoms with E-state index in [2.05, 4.69) is 10.3 Å². The number of nitrogens with one attached hydrogen (secondary N) is 1. The SMILES string of the molecule is Cc1cc(N2CCCCC2=O)ccc1Nc1ncc2cc(Cl)c(=O)n(C3CCCC3)c2n1. The van der Waals surface area contributed by atoms with Crippen LogP contribution in [0.4, 0.5) is 17.3 Å². The molecule has 0 bridgehead atoms. The van der Waals surface area contributed by atoms with E-state index in [9.17, 15) is 9.59 Å². The van der Waals surface area contributed by atoms with Gasteiger partial charge in [-0.3, -0.25) is 14.2 Å². The Bertz CT molecular complexity index is 1250. The van der Waals surface area contributed by atoms with Crippen molar-refractivity contribution in [2.75, 3.05) is 16.8 Å². The third kappa shape index (κ3) is 3.86. The molecule has 1 saturated carbocycles. The molecule has 1 saturated heterocycles. The highest BCUT2D eigenvalue weighted by Crippen LogP contribution is 2.32. The molecule has 2 aromatic heterocycles. The number of hydrogen-bond donors (Lipinski definition) is 1. The maximum atomic E-state index is 12.8. The van der Waals surface area contributed by atoms with Crippen molar-refractivity contribution in [2.45, 2.75) is 57.9 Å². The first-order chi connectivity index (χ1) is 15.5. The Morgan fingerprint density at radius 1 is 1.09 bits per heavy atom. The Labute approximate surface area is 191 Å². The number of carbonyl (C=O) groups is 1. The van der Waals surface area contributed by atoms with Gasteiger partial charge in [0.15, 0.2) is 0 Å². The molecule has 32 heavy (non-hydrogen) atoms. The van der Waals surface area contributed by atoms with Crippen molar-refractivity contribution in [3.05, 3.63) is 51.4 Å². The van der Waals surface area contributed by atoms with Gasteiger partial charge in [-0.15, -0.1) is 0 Å². The standard InChI is InChI=1S/C24H26ClN5O2/c1-15-12-18(29-11-5-4-8-21(29)31)9-10-20(15)27-24-26-14-16-13-19(25)23(32)30(22(16)28-24)17-6-2-3-7-17/h9-10,12-14,17H,2-8,11H2,1H3,(H,26,27,28). The molecule has 2 fully saturated rings. The van der Waals surface area contributed by atoms with Gasteiger partial charge in [-0.2, -0.15) is 4.98 Å².